The summed E-state index contributed by atoms with van der Waals surface area (Å²) in [5.41, 5.74) is 2.33. The molecular formula is C36H33NO9. The van der Waals surface area contributed by atoms with Gasteiger partial charge in [-0.05, 0) is 58.7 Å². The van der Waals surface area contributed by atoms with Crippen LogP contribution in [0.1, 0.15) is 22.3 Å². The highest BCUT2D eigenvalue weighted by molar-refractivity contribution is 6.52. The zero-order chi connectivity index (χ0) is 32.8. The van der Waals surface area contributed by atoms with E-state index in [1.807, 2.05) is 30.3 Å². The van der Waals surface area contributed by atoms with Gasteiger partial charge in [-0.3, -0.25) is 14.4 Å². The molecule has 4 aromatic carbocycles. The highest BCUT2D eigenvalue weighted by atomic mass is 16.5. The SMILES string of the molecule is COc1ccc(C2=C(c3ccc(OC)c(OC)c3)C(=O)N(C(=O)Cc3ccc(OCc4ccccc4)c(OC)c3)C2=O)cc1OC. The molecular weight excluding hydrogens is 590 g/mol. The van der Waals surface area contributed by atoms with Crippen LogP contribution in [-0.2, 0) is 27.4 Å². The van der Waals surface area contributed by atoms with Gasteiger partial charge in [0, 0.05) is 0 Å². The lowest BCUT2D eigenvalue weighted by Gasteiger charge is -2.15. The first-order valence-corrected chi connectivity index (χ1v) is 14.3. The van der Waals surface area contributed by atoms with Gasteiger partial charge >= 0.3 is 0 Å². The van der Waals surface area contributed by atoms with E-state index in [1.165, 1.54) is 35.5 Å². The summed E-state index contributed by atoms with van der Waals surface area (Å²) in [7, 11) is 7.42. The summed E-state index contributed by atoms with van der Waals surface area (Å²) in [6.07, 6.45) is -0.245. The molecule has 3 amide bonds. The molecule has 0 radical (unpaired) electrons. The van der Waals surface area contributed by atoms with Gasteiger partial charge in [0.25, 0.3) is 11.8 Å². The third-order valence-corrected chi connectivity index (χ3v) is 7.50. The lowest BCUT2D eigenvalue weighted by atomic mass is 9.95. The molecule has 0 unspecified atom stereocenters. The van der Waals surface area contributed by atoms with E-state index in [2.05, 4.69) is 0 Å². The summed E-state index contributed by atoms with van der Waals surface area (Å²) in [5, 5.41) is 0. The molecule has 1 aliphatic rings. The Morgan fingerprint density at radius 3 is 1.52 bits per heavy atom. The third kappa shape index (κ3) is 6.23. The summed E-state index contributed by atoms with van der Waals surface area (Å²) >= 11 is 0. The minimum absolute atomic E-state index is 0.0359. The Morgan fingerprint density at radius 2 is 1.02 bits per heavy atom. The maximum absolute atomic E-state index is 14.0. The summed E-state index contributed by atoms with van der Waals surface area (Å²) in [6.45, 7) is 0.329. The van der Waals surface area contributed by atoms with Crippen molar-refractivity contribution >= 4 is 28.9 Å². The minimum Gasteiger partial charge on any atom is -0.493 e. The highest BCUT2D eigenvalue weighted by Gasteiger charge is 2.43. The Balaban J connectivity index is 1.48. The average Bonchev–Trinajstić information content (AvgIpc) is 3.36. The van der Waals surface area contributed by atoms with Gasteiger partial charge in [0.05, 0.1) is 53.1 Å². The predicted octanol–water partition coefficient (Wildman–Crippen LogP) is 5.36. The molecule has 0 aromatic heterocycles. The van der Waals surface area contributed by atoms with Crippen LogP contribution in [0.15, 0.2) is 84.9 Å². The zero-order valence-electron chi connectivity index (χ0n) is 26.1. The molecule has 0 spiro atoms. The molecule has 10 nitrogen and oxygen atoms in total. The van der Waals surface area contributed by atoms with E-state index in [0.717, 1.165) is 5.56 Å². The number of nitrogens with zero attached hydrogens (tertiary/aromatic N) is 1. The van der Waals surface area contributed by atoms with Crippen LogP contribution in [0.2, 0.25) is 0 Å². The first-order chi connectivity index (χ1) is 22.3. The number of hydrogen-bond acceptors (Lipinski definition) is 9. The second kappa shape index (κ2) is 13.9. The Labute approximate surface area is 266 Å². The van der Waals surface area contributed by atoms with E-state index < -0.39 is 17.7 Å². The molecule has 0 atom stereocenters. The van der Waals surface area contributed by atoms with E-state index in [-0.39, 0.29) is 17.6 Å². The van der Waals surface area contributed by atoms with Gasteiger partial charge in [0.1, 0.15) is 6.61 Å². The highest BCUT2D eigenvalue weighted by Crippen LogP contribution is 2.41. The van der Waals surface area contributed by atoms with Gasteiger partial charge in [-0.2, -0.15) is 0 Å². The van der Waals surface area contributed by atoms with Gasteiger partial charge in [-0.15, -0.1) is 0 Å². The van der Waals surface area contributed by atoms with E-state index in [0.29, 0.717) is 62.7 Å². The molecule has 1 aliphatic heterocycles. The fraction of sp³-hybridized carbons (Fsp3) is 0.194. The molecule has 0 saturated heterocycles. The Morgan fingerprint density at radius 1 is 0.543 bits per heavy atom. The lowest BCUT2D eigenvalue weighted by Crippen LogP contribution is -2.38. The van der Waals surface area contributed by atoms with Crippen molar-refractivity contribution in [3.8, 4) is 34.5 Å². The molecule has 5 rings (SSSR count). The van der Waals surface area contributed by atoms with Crippen molar-refractivity contribution in [2.24, 2.45) is 0 Å². The van der Waals surface area contributed by atoms with Crippen molar-refractivity contribution in [2.45, 2.75) is 13.0 Å². The van der Waals surface area contributed by atoms with Crippen molar-refractivity contribution in [3.63, 3.8) is 0 Å². The smallest absolute Gasteiger partial charge is 0.269 e. The van der Waals surface area contributed by atoms with Crippen molar-refractivity contribution < 1.29 is 42.8 Å². The number of carbonyl (C=O) groups excluding carboxylic acids is 3. The molecule has 0 N–H and O–H groups in total. The van der Waals surface area contributed by atoms with Gasteiger partial charge < -0.3 is 28.4 Å². The topological polar surface area (TPSA) is 110 Å². The summed E-state index contributed by atoms with van der Waals surface area (Å²) in [6, 6.07) is 24.4. The first-order valence-electron chi connectivity index (χ1n) is 14.3. The van der Waals surface area contributed by atoms with E-state index in [9.17, 15) is 14.4 Å². The summed E-state index contributed by atoms with van der Waals surface area (Å²) < 4.78 is 33.1. The number of imide groups is 3. The Kier molecular flexibility index (Phi) is 9.56. The molecule has 46 heavy (non-hydrogen) atoms. The molecule has 0 bridgehead atoms. The van der Waals surface area contributed by atoms with Crippen LogP contribution in [0, 0.1) is 0 Å². The molecule has 0 saturated carbocycles. The van der Waals surface area contributed by atoms with Crippen LogP contribution in [0.4, 0.5) is 0 Å². The molecule has 4 aromatic rings. The fourth-order valence-corrected chi connectivity index (χ4v) is 5.21. The largest absolute Gasteiger partial charge is 0.493 e. The number of ether oxygens (including phenoxy) is 6. The van der Waals surface area contributed by atoms with Crippen LogP contribution in [0.25, 0.3) is 11.1 Å². The number of benzene rings is 4. The Bertz CT molecular complexity index is 1740. The van der Waals surface area contributed by atoms with Gasteiger partial charge in [-0.25, -0.2) is 4.90 Å². The summed E-state index contributed by atoms with van der Waals surface area (Å²) in [5.74, 6) is 0.256. The maximum atomic E-state index is 14.0. The number of amides is 3. The van der Waals surface area contributed by atoms with Crippen LogP contribution in [0.3, 0.4) is 0 Å². The standard InChI is InChI=1S/C36H33NO9/c1-41-26-15-12-24(19-30(26)44-4)33-34(25-13-16-27(42-2)31(20-25)45-5)36(40)37(35(33)39)32(38)18-23-11-14-28(29(17-23)43-3)46-21-22-9-7-6-8-10-22/h6-17,19-20H,18,21H2,1-5H3. The fourth-order valence-electron chi connectivity index (χ4n) is 5.21. The van der Waals surface area contributed by atoms with Crippen molar-refractivity contribution in [3.05, 3.63) is 107 Å². The third-order valence-electron chi connectivity index (χ3n) is 7.50. The van der Waals surface area contributed by atoms with E-state index in [4.69, 9.17) is 28.4 Å². The number of methoxy groups -OCH3 is 5. The van der Waals surface area contributed by atoms with Crippen molar-refractivity contribution in [1.82, 2.24) is 4.90 Å². The molecule has 0 fully saturated rings. The van der Waals surface area contributed by atoms with E-state index in [1.54, 1.807) is 54.6 Å². The minimum atomic E-state index is -0.762. The quantitative estimate of drug-likeness (QED) is 0.193. The molecule has 0 aliphatic carbocycles. The molecule has 10 heteroatoms. The maximum Gasteiger partial charge on any atom is 0.269 e. The molecule has 1 heterocycles. The zero-order valence-corrected chi connectivity index (χ0v) is 26.1. The summed E-state index contributed by atoms with van der Waals surface area (Å²) in [4.78, 5) is 42.4. The van der Waals surface area contributed by atoms with Crippen LogP contribution >= 0.6 is 0 Å². The normalized spacial score (nSPS) is 12.7. The van der Waals surface area contributed by atoms with Crippen molar-refractivity contribution in [2.75, 3.05) is 35.5 Å². The second-order valence-corrected chi connectivity index (χ2v) is 10.2. The number of rotatable bonds is 12. The van der Waals surface area contributed by atoms with Crippen LogP contribution in [0.5, 0.6) is 34.5 Å². The number of carbonyl (C=O) groups is 3. The second-order valence-electron chi connectivity index (χ2n) is 10.2. The number of hydrogen-bond donors (Lipinski definition) is 0. The van der Waals surface area contributed by atoms with Gasteiger partial charge in [0.15, 0.2) is 34.5 Å². The van der Waals surface area contributed by atoms with Crippen molar-refractivity contribution in [1.29, 1.82) is 0 Å². The van der Waals surface area contributed by atoms with Gasteiger partial charge in [0.2, 0.25) is 5.91 Å². The monoisotopic (exact) mass is 623 g/mol. The Hall–Kier alpha value is -5.77. The van der Waals surface area contributed by atoms with Crippen LogP contribution < -0.4 is 28.4 Å². The average molecular weight is 624 g/mol. The van der Waals surface area contributed by atoms with Gasteiger partial charge in [-0.1, -0.05) is 48.5 Å². The predicted molar refractivity (Wildman–Crippen MR) is 170 cm³/mol. The first kappa shape index (κ1) is 31.6. The van der Waals surface area contributed by atoms with Crippen LogP contribution in [-0.4, -0.2) is 58.2 Å². The lowest BCUT2D eigenvalue weighted by molar-refractivity contribution is -0.147. The van der Waals surface area contributed by atoms with E-state index >= 15 is 0 Å². The molecule has 236 valence electrons.